The third kappa shape index (κ3) is 2.20. The van der Waals surface area contributed by atoms with Crippen molar-refractivity contribution in [3.05, 3.63) is 41.7 Å². The van der Waals surface area contributed by atoms with Crippen molar-refractivity contribution in [2.75, 3.05) is 0 Å². The van der Waals surface area contributed by atoms with Gasteiger partial charge < -0.3 is 0 Å². The van der Waals surface area contributed by atoms with Crippen LogP contribution >= 0.6 is 0 Å². The fourth-order valence-corrected chi connectivity index (χ4v) is 1.92. The second-order valence-electron chi connectivity index (χ2n) is 3.93. The van der Waals surface area contributed by atoms with E-state index in [9.17, 15) is 0 Å². The maximum absolute atomic E-state index is 8.50. The number of rotatable bonds is 3. The smallest absolute Gasteiger partial charge is 0.0621 e. The maximum atomic E-state index is 8.50. The highest BCUT2D eigenvalue weighted by molar-refractivity contribution is 5.84. The van der Waals surface area contributed by atoms with Gasteiger partial charge in [-0.25, -0.2) is 0 Å². The number of hydrogen-bond donors (Lipinski definition) is 0. The molecule has 0 aliphatic carbocycles. The van der Waals surface area contributed by atoms with E-state index in [1.807, 2.05) is 19.1 Å². The van der Waals surface area contributed by atoms with Gasteiger partial charge in [0.05, 0.1) is 6.07 Å². The number of aromatic nitrogens is 1. The Morgan fingerprint density at radius 2 is 2.12 bits per heavy atom. The van der Waals surface area contributed by atoms with E-state index in [-0.39, 0.29) is 0 Å². The summed E-state index contributed by atoms with van der Waals surface area (Å²) in [5.74, 6) is 0. The summed E-state index contributed by atoms with van der Waals surface area (Å²) in [6.45, 7) is 2.04. The van der Waals surface area contributed by atoms with Gasteiger partial charge in [0, 0.05) is 23.2 Å². The number of nitriles is 1. The Balaban J connectivity index is 2.31. The zero-order chi connectivity index (χ0) is 11.4. The Morgan fingerprint density at radius 3 is 2.94 bits per heavy atom. The Kier molecular flexibility index (Phi) is 3.16. The van der Waals surface area contributed by atoms with Crippen LogP contribution in [0.3, 0.4) is 0 Å². The standard InChI is InChI=1S/C14H14N2/c1-11-14-8-3-2-6-12(14)10-13(16-11)7-4-5-9-15/h2-3,6,8,10H,4-5,7H2,1H3. The zero-order valence-corrected chi connectivity index (χ0v) is 9.40. The zero-order valence-electron chi connectivity index (χ0n) is 9.40. The number of hydrogen-bond acceptors (Lipinski definition) is 2. The van der Waals surface area contributed by atoms with Gasteiger partial charge in [-0.1, -0.05) is 24.3 Å². The SMILES string of the molecule is Cc1nc(CCCC#N)cc2ccccc12. The molecule has 0 aliphatic heterocycles. The summed E-state index contributed by atoms with van der Waals surface area (Å²) in [4.78, 5) is 4.56. The first-order chi connectivity index (χ1) is 7.81. The van der Waals surface area contributed by atoms with Crippen LogP contribution in [0.1, 0.15) is 24.2 Å². The molecule has 2 rings (SSSR count). The quantitative estimate of drug-likeness (QED) is 0.728. The molecule has 0 radical (unpaired) electrons. The first kappa shape index (κ1) is 10.6. The molecule has 1 aromatic carbocycles. The molecule has 0 aliphatic rings. The maximum Gasteiger partial charge on any atom is 0.0621 e. The molecule has 16 heavy (non-hydrogen) atoms. The van der Waals surface area contributed by atoms with Crippen LogP contribution in [0.25, 0.3) is 10.8 Å². The van der Waals surface area contributed by atoms with Crippen LogP contribution in [0.4, 0.5) is 0 Å². The van der Waals surface area contributed by atoms with Gasteiger partial charge in [-0.05, 0) is 31.2 Å². The topological polar surface area (TPSA) is 36.7 Å². The summed E-state index contributed by atoms with van der Waals surface area (Å²) >= 11 is 0. The molecule has 2 aromatic rings. The molecule has 80 valence electrons. The van der Waals surface area contributed by atoms with Gasteiger partial charge in [0.15, 0.2) is 0 Å². The molecular weight excluding hydrogens is 196 g/mol. The van der Waals surface area contributed by atoms with Crippen molar-refractivity contribution in [3.8, 4) is 6.07 Å². The van der Waals surface area contributed by atoms with E-state index < -0.39 is 0 Å². The van der Waals surface area contributed by atoms with Crippen LogP contribution in [0, 0.1) is 18.3 Å². The summed E-state index contributed by atoms with van der Waals surface area (Å²) in [6.07, 6.45) is 2.38. The summed E-state index contributed by atoms with van der Waals surface area (Å²) in [5.41, 5.74) is 2.16. The predicted octanol–water partition coefficient (Wildman–Crippen LogP) is 3.39. The molecule has 0 bridgehead atoms. The lowest BCUT2D eigenvalue weighted by Crippen LogP contribution is -1.93. The van der Waals surface area contributed by atoms with E-state index in [4.69, 9.17) is 5.26 Å². The van der Waals surface area contributed by atoms with Crippen molar-refractivity contribution in [2.45, 2.75) is 26.2 Å². The Labute approximate surface area is 95.6 Å². The minimum Gasteiger partial charge on any atom is -0.258 e. The molecule has 0 saturated heterocycles. The van der Waals surface area contributed by atoms with E-state index >= 15 is 0 Å². The number of nitrogens with zero attached hydrogens (tertiary/aromatic N) is 2. The minimum absolute atomic E-state index is 0.605. The summed E-state index contributed by atoms with van der Waals surface area (Å²) < 4.78 is 0. The Hall–Kier alpha value is -1.88. The van der Waals surface area contributed by atoms with E-state index in [1.54, 1.807) is 0 Å². The summed E-state index contributed by atoms with van der Waals surface area (Å²) in [6, 6.07) is 12.6. The number of fused-ring (bicyclic) bond motifs is 1. The van der Waals surface area contributed by atoms with Gasteiger partial charge in [0.2, 0.25) is 0 Å². The lowest BCUT2D eigenvalue weighted by molar-refractivity contribution is 0.823. The van der Waals surface area contributed by atoms with Crippen LogP contribution in [-0.4, -0.2) is 4.98 Å². The highest BCUT2D eigenvalue weighted by atomic mass is 14.7. The second kappa shape index (κ2) is 4.76. The van der Waals surface area contributed by atoms with E-state index in [0.29, 0.717) is 6.42 Å². The van der Waals surface area contributed by atoms with E-state index in [1.165, 1.54) is 10.8 Å². The second-order valence-corrected chi connectivity index (χ2v) is 3.93. The number of benzene rings is 1. The molecule has 2 heteroatoms. The molecule has 0 unspecified atom stereocenters. The van der Waals surface area contributed by atoms with E-state index in [0.717, 1.165) is 24.2 Å². The van der Waals surface area contributed by atoms with Gasteiger partial charge in [0.1, 0.15) is 0 Å². The van der Waals surface area contributed by atoms with Crippen molar-refractivity contribution in [3.63, 3.8) is 0 Å². The van der Waals surface area contributed by atoms with Crippen LogP contribution in [-0.2, 0) is 6.42 Å². The Bertz CT molecular complexity index is 538. The van der Waals surface area contributed by atoms with Crippen LogP contribution < -0.4 is 0 Å². The van der Waals surface area contributed by atoms with Gasteiger partial charge in [0.25, 0.3) is 0 Å². The average molecular weight is 210 g/mol. The average Bonchev–Trinajstić information content (AvgIpc) is 2.30. The third-order valence-corrected chi connectivity index (χ3v) is 2.71. The van der Waals surface area contributed by atoms with Crippen molar-refractivity contribution < 1.29 is 0 Å². The molecule has 2 nitrogen and oxygen atoms in total. The van der Waals surface area contributed by atoms with Crippen LogP contribution in [0.15, 0.2) is 30.3 Å². The number of unbranched alkanes of at least 4 members (excludes halogenated alkanes) is 1. The molecule has 1 aromatic heterocycles. The minimum atomic E-state index is 0.605. The van der Waals surface area contributed by atoms with Crippen molar-refractivity contribution in [1.29, 1.82) is 5.26 Å². The highest BCUT2D eigenvalue weighted by Crippen LogP contribution is 2.18. The Morgan fingerprint density at radius 1 is 1.31 bits per heavy atom. The number of aryl methyl sites for hydroxylation is 2. The molecule has 1 heterocycles. The fraction of sp³-hybridized carbons (Fsp3) is 0.286. The van der Waals surface area contributed by atoms with Gasteiger partial charge in [-0.15, -0.1) is 0 Å². The molecule has 0 spiro atoms. The van der Waals surface area contributed by atoms with Crippen molar-refractivity contribution in [1.82, 2.24) is 4.98 Å². The summed E-state index contributed by atoms with van der Waals surface area (Å²) in [7, 11) is 0. The van der Waals surface area contributed by atoms with Crippen LogP contribution in [0.2, 0.25) is 0 Å². The number of pyridine rings is 1. The fourth-order valence-electron chi connectivity index (χ4n) is 1.92. The first-order valence-corrected chi connectivity index (χ1v) is 5.53. The van der Waals surface area contributed by atoms with Crippen LogP contribution in [0.5, 0.6) is 0 Å². The van der Waals surface area contributed by atoms with Gasteiger partial charge in [-0.2, -0.15) is 5.26 Å². The molecule has 0 N–H and O–H groups in total. The van der Waals surface area contributed by atoms with E-state index in [2.05, 4.69) is 29.3 Å². The third-order valence-electron chi connectivity index (χ3n) is 2.71. The van der Waals surface area contributed by atoms with Crippen molar-refractivity contribution in [2.24, 2.45) is 0 Å². The molecule has 0 saturated carbocycles. The largest absolute Gasteiger partial charge is 0.258 e. The highest BCUT2D eigenvalue weighted by Gasteiger charge is 2.01. The first-order valence-electron chi connectivity index (χ1n) is 5.53. The lowest BCUT2D eigenvalue weighted by atomic mass is 10.1. The molecule has 0 amide bonds. The molecule has 0 atom stereocenters. The molecular formula is C14H14N2. The lowest BCUT2D eigenvalue weighted by Gasteiger charge is -2.05. The predicted molar refractivity (Wildman–Crippen MR) is 65.0 cm³/mol. The van der Waals surface area contributed by atoms with Gasteiger partial charge in [-0.3, -0.25) is 4.98 Å². The van der Waals surface area contributed by atoms with Crippen molar-refractivity contribution >= 4 is 10.8 Å². The van der Waals surface area contributed by atoms with Gasteiger partial charge >= 0.3 is 0 Å². The monoisotopic (exact) mass is 210 g/mol. The molecule has 0 fully saturated rings. The summed E-state index contributed by atoms with van der Waals surface area (Å²) in [5, 5.41) is 11.0. The normalized spacial score (nSPS) is 10.2.